The maximum Gasteiger partial charge on any atom is 0.235 e. The van der Waals surface area contributed by atoms with E-state index in [1.807, 2.05) is 23.4 Å². The van der Waals surface area contributed by atoms with E-state index in [0.717, 1.165) is 42.5 Å². The Labute approximate surface area is 172 Å². The van der Waals surface area contributed by atoms with E-state index < -0.39 is 0 Å². The Balaban J connectivity index is 1.71. The fraction of sp³-hybridized carbons (Fsp3) is 0.591. The van der Waals surface area contributed by atoms with Crippen molar-refractivity contribution in [3.63, 3.8) is 0 Å². The van der Waals surface area contributed by atoms with Crippen molar-refractivity contribution in [1.29, 1.82) is 0 Å². The molecule has 6 heteroatoms. The smallest absolute Gasteiger partial charge is 0.235 e. The van der Waals surface area contributed by atoms with Gasteiger partial charge in [-0.3, -0.25) is 4.79 Å². The first kappa shape index (κ1) is 20.9. The summed E-state index contributed by atoms with van der Waals surface area (Å²) in [5.74, 6) is 1.04. The Hall–Kier alpha value is -1.82. The third kappa shape index (κ3) is 4.77. The lowest BCUT2D eigenvalue weighted by atomic mass is 9.87. The lowest BCUT2D eigenvalue weighted by molar-refractivity contribution is -0.130. The number of thioether (sulfide) groups is 1. The van der Waals surface area contributed by atoms with E-state index in [1.165, 1.54) is 30.2 Å². The van der Waals surface area contributed by atoms with Crippen molar-refractivity contribution in [1.82, 2.24) is 19.7 Å². The predicted octanol–water partition coefficient (Wildman–Crippen LogP) is 4.66. The number of nitrogens with zero attached hydrogens (tertiary/aromatic N) is 4. The highest BCUT2D eigenvalue weighted by atomic mass is 32.2. The van der Waals surface area contributed by atoms with Crippen LogP contribution < -0.4 is 0 Å². The summed E-state index contributed by atoms with van der Waals surface area (Å²) in [6, 6.07) is 8.51. The van der Waals surface area contributed by atoms with Crippen LogP contribution >= 0.6 is 11.8 Å². The Morgan fingerprint density at radius 1 is 1.04 bits per heavy atom. The average Bonchev–Trinajstić information content (AvgIpc) is 2.87. The molecule has 0 N–H and O–H groups in total. The quantitative estimate of drug-likeness (QED) is 0.700. The molecule has 2 heterocycles. The standard InChI is InChI=1S/C22H32N4OS/c1-16(20(27)26-14-8-6-7-9-15-26)28-21-24-23-19(25(21)5)17-10-12-18(13-11-17)22(2,3)4/h10-13,16H,6-9,14-15H2,1-5H3/t16-/m0/s1. The normalized spacial score (nSPS) is 16.7. The number of amides is 1. The molecule has 0 unspecified atom stereocenters. The van der Waals surface area contributed by atoms with Crippen molar-refractivity contribution >= 4 is 17.7 Å². The first-order chi connectivity index (χ1) is 13.3. The van der Waals surface area contributed by atoms with Gasteiger partial charge in [-0.15, -0.1) is 10.2 Å². The monoisotopic (exact) mass is 400 g/mol. The molecule has 2 aromatic rings. The highest BCUT2D eigenvalue weighted by Crippen LogP contribution is 2.29. The van der Waals surface area contributed by atoms with Gasteiger partial charge in [0.25, 0.3) is 0 Å². The van der Waals surface area contributed by atoms with E-state index in [4.69, 9.17) is 0 Å². The summed E-state index contributed by atoms with van der Waals surface area (Å²) in [5, 5.41) is 9.37. The number of carbonyl (C=O) groups is 1. The molecule has 1 aromatic carbocycles. The van der Waals surface area contributed by atoms with Crippen molar-refractivity contribution in [2.75, 3.05) is 13.1 Å². The van der Waals surface area contributed by atoms with Crippen LogP contribution in [0.25, 0.3) is 11.4 Å². The molecule has 28 heavy (non-hydrogen) atoms. The molecule has 5 nitrogen and oxygen atoms in total. The largest absolute Gasteiger partial charge is 0.342 e. The molecule has 0 spiro atoms. The molecule has 0 radical (unpaired) electrons. The molecule has 1 amide bonds. The molecule has 1 fully saturated rings. The van der Waals surface area contributed by atoms with Crippen molar-refractivity contribution in [3.8, 4) is 11.4 Å². The fourth-order valence-electron chi connectivity index (χ4n) is 3.54. The van der Waals surface area contributed by atoms with E-state index in [-0.39, 0.29) is 16.6 Å². The van der Waals surface area contributed by atoms with Crippen molar-refractivity contribution in [2.45, 2.75) is 69.2 Å². The summed E-state index contributed by atoms with van der Waals surface area (Å²) >= 11 is 1.50. The predicted molar refractivity (Wildman–Crippen MR) is 116 cm³/mol. The van der Waals surface area contributed by atoms with Gasteiger partial charge in [0.05, 0.1) is 5.25 Å². The summed E-state index contributed by atoms with van der Waals surface area (Å²) in [5.41, 5.74) is 2.47. The molecule has 0 bridgehead atoms. The highest BCUT2D eigenvalue weighted by molar-refractivity contribution is 8.00. The number of rotatable bonds is 4. The van der Waals surface area contributed by atoms with E-state index >= 15 is 0 Å². The number of hydrogen-bond acceptors (Lipinski definition) is 4. The van der Waals surface area contributed by atoms with Crippen LogP contribution in [-0.4, -0.2) is 43.9 Å². The van der Waals surface area contributed by atoms with E-state index in [9.17, 15) is 4.79 Å². The lowest BCUT2D eigenvalue weighted by Crippen LogP contribution is -2.37. The van der Waals surface area contributed by atoms with Gasteiger partial charge in [0, 0.05) is 25.7 Å². The Morgan fingerprint density at radius 2 is 1.64 bits per heavy atom. The number of hydrogen-bond donors (Lipinski definition) is 0. The molecule has 0 aliphatic carbocycles. The van der Waals surface area contributed by atoms with E-state index in [0.29, 0.717) is 0 Å². The molecule has 1 aliphatic rings. The Kier molecular flexibility index (Phi) is 6.48. The third-order valence-corrected chi connectivity index (χ3v) is 6.51. The minimum Gasteiger partial charge on any atom is -0.342 e. The van der Waals surface area contributed by atoms with Gasteiger partial charge in [-0.1, -0.05) is 69.6 Å². The minimum absolute atomic E-state index is 0.128. The number of benzene rings is 1. The van der Waals surface area contributed by atoms with Crippen LogP contribution in [0.5, 0.6) is 0 Å². The van der Waals surface area contributed by atoms with Gasteiger partial charge in [0.15, 0.2) is 11.0 Å². The summed E-state index contributed by atoms with van der Waals surface area (Å²) in [7, 11) is 1.97. The van der Waals surface area contributed by atoms with Gasteiger partial charge in [-0.05, 0) is 30.7 Å². The zero-order chi connectivity index (χ0) is 20.3. The van der Waals surface area contributed by atoms with Gasteiger partial charge in [-0.2, -0.15) is 0 Å². The van der Waals surface area contributed by atoms with E-state index in [1.54, 1.807) is 0 Å². The number of aromatic nitrogens is 3. The Bertz CT molecular complexity index is 799. The van der Waals surface area contributed by atoms with Gasteiger partial charge >= 0.3 is 0 Å². The topological polar surface area (TPSA) is 51.0 Å². The van der Waals surface area contributed by atoms with Gasteiger partial charge in [0.1, 0.15) is 0 Å². The van der Waals surface area contributed by atoms with Crippen LogP contribution in [0.4, 0.5) is 0 Å². The van der Waals surface area contributed by atoms with Gasteiger partial charge in [0.2, 0.25) is 5.91 Å². The summed E-state index contributed by atoms with van der Waals surface area (Å²) < 4.78 is 1.99. The average molecular weight is 401 g/mol. The second-order valence-electron chi connectivity index (χ2n) is 8.69. The molecule has 3 rings (SSSR count). The molecule has 1 aromatic heterocycles. The maximum atomic E-state index is 12.8. The van der Waals surface area contributed by atoms with Crippen molar-refractivity contribution in [2.24, 2.45) is 7.05 Å². The first-order valence-corrected chi connectivity index (χ1v) is 11.1. The summed E-state index contributed by atoms with van der Waals surface area (Å²) in [6.07, 6.45) is 4.68. The summed E-state index contributed by atoms with van der Waals surface area (Å²) in [6.45, 7) is 10.4. The van der Waals surface area contributed by atoms with Crippen molar-refractivity contribution in [3.05, 3.63) is 29.8 Å². The molecule has 1 saturated heterocycles. The zero-order valence-electron chi connectivity index (χ0n) is 17.7. The van der Waals surface area contributed by atoms with Crippen LogP contribution in [0, 0.1) is 0 Å². The van der Waals surface area contributed by atoms with Gasteiger partial charge < -0.3 is 9.47 Å². The van der Waals surface area contributed by atoms with E-state index in [2.05, 4.69) is 55.2 Å². The highest BCUT2D eigenvalue weighted by Gasteiger charge is 2.24. The second kappa shape index (κ2) is 8.68. The lowest BCUT2D eigenvalue weighted by Gasteiger charge is -2.23. The Morgan fingerprint density at radius 3 is 2.21 bits per heavy atom. The zero-order valence-corrected chi connectivity index (χ0v) is 18.6. The molecule has 0 saturated carbocycles. The SMILES string of the molecule is C[C@H](Sc1nnc(-c2ccc(C(C)(C)C)cc2)n1C)C(=O)N1CCCCCC1. The van der Waals surface area contributed by atoms with Crippen LogP contribution in [0.3, 0.4) is 0 Å². The van der Waals surface area contributed by atoms with Crippen LogP contribution in [0.2, 0.25) is 0 Å². The number of likely N-dealkylation sites (tertiary alicyclic amines) is 1. The summed E-state index contributed by atoms with van der Waals surface area (Å²) in [4.78, 5) is 14.8. The molecule has 152 valence electrons. The third-order valence-electron chi connectivity index (χ3n) is 5.39. The molecular weight excluding hydrogens is 368 g/mol. The van der Waals surface area contributed by atoms with Gasteiger partial charge in [-0.25, -0.2) is 0 Å². The van der Waals surface area contributed by atoms with Crippen LogP contribution in [0.15, 0.2) is 29.4 Å². The minimum atomic E-state index is -0.155. The molecule has 1 aliphatic heterocycles. The maximum absolute atomic E-state index is 12.8. The molecule has 1 atom stereocenters. The first-order valence-electron chi connectivity index (χ1n) is 10.2. The second-order valence-corrected chi connectivity index (χ2v) is 10.0. The fourth-order valence-corrected chi connectivity index (χ4v) is 4.44. The van der Waals surface area contributed by atoms with Crippen LogP contribution in [0.1, 0.15) is 58.9 Å². The van der Waals surface area contributed by atoms with Crippen LogP contribution in [-0.2, 0) is 17.3 Å². The number of carbonyl (C=O) groups excluding carboxylic acids is 1. The molecular formula is C22H32N4OS. The van der Waals surface area contributed by atoms with Crippen molar-refractivity contribution < 1.29 is 4.79 Å².